The Hall–Kier alpha value is -3.65. The quantitative estimate of drug-likeness (QED) is 0.604. The maximum Gasteiger partial charge on any atom is 0.338 e. The molecule has 2 heterocycles. The number of rotatable bonds is 5. The topological polar surface area (TPSA) is 90.1 Å². The number of methoxy groups -OCH3 is 1. The van der Waals surface area contributed by atoms with E-state index >= 15 is 0 Å². The molecule has 0 unspecified atom stereocenters. The van der Waals surface area contributed by atoms with Crippen LogP contribution in [0, 0.1) is 0 Å². The fraction of sp³-hybridized carbons (Fsp3) is 0.208. The van der Waals surface area contributed by atoms with Crippen LogP contribution < -0.4 is 19.6 Å². The number of thiazole rings is 1. The summed E-state index contributed by atoms with van der Waals surface area (Å²) in [6, 6.07) is 13.2. The summed E-state index contributed by atoms with van der Waals surface area (Å²) < 4.78 is 12.6. The van der Waals surface area contributed by atoms with Crippen molar-refractivity contribution in [1.82, 2.24) is 4.57 Å². The van der Waals surface area contributed by atoms with Crippen LogP contribution in [-0.4, -0.2) is 29.4 Å². The molecule has 32 heavy (non-hydrogen) atoms. The largest absolute Gasteiger partial charge is 0.508 e. The zero-order valence-electron chi connectivity index (χ0n) is 17.9. The molecule has 0 aliphatic carbocycles. The van der Waals surface area contributed by atoms with Crippen LogP contribution in [0.1, 0.15) is 31.0 Å². The standard InChI is InChI=1S/C24H22N2O5S/c1-4-31-23(29)20-14(2)25-24-26(21(20)16-7-11-18(30-3)12-8-16)22(28)19(32-24)13-15-5-9-17(27)10-6-15/h5-13,21,27H,4H2,1-3H3/b19-13-/t21-/m0/s1. The van der Waals surface area contributed by atoms with Crippen molar-refractivity contribution in [2.75, 3.05) is 13.7 Å². The average molecular weight is 451 g/mol. The Labute approximate surface area is 188 Å². The number of phenolic OH excluding ortho intramolecular Hbond substituents is 1. The Bertz CT molecular complexity index is 1370. The van der Waals surface area contributed by atoms with E-state index in [1.807, 2.05) is 12.1 Å². The minimum atomic E-state index is -0.668. The first kappa shape index (κ1) is 21.6. The van der Waals surface area contributed by atoms with Gasteiger partial charge < -0.3 is 14.6 Å². The summed E-state index contributed by atoms with van der Waals surface area (Å²) in [4.78, 5) is 31.4. The predicted octanol–water partition coefficient (Wildman–Crippen LogP) is 2.51. The molecule has 7 nitrogen and oxygen atoms in total. The lowest BCUT2D eigenvalue weighted by Crippen LogP contribution is -2.39. The molecule has 0 radical (unpaired) electrons. The van der Waals surface area contributed by atoms with Gasteiger partial charge in [-0.15, -0.1) is 0 Å². The summed E-state index contributed by atoms with van der Waals surface area (Å²) in [7, 11) is 1.58. The van der Waals surface area contributed by atoms with Gasteiger partial charge in [0.1, 0.15) is 11.5 Å². The number of carbonyl (C=O) groups excluding carboxylic acids is 1. The van der Waals surface area contributed by atoms with Crippen LogP contribution in [-0.2, 0) is 9.53 Å². The van der Waals surface area contributed by atoms with Crippen molar-refractivity contribution in [1.29, 1.82) is 0 Å². The van der Waals surface area contributed by atoms with Crippen LogP contribution in [0.5, 0.6) is 11.5 Å². The second-order valence-corrected chi connectivity index (χ2v) is 8.18. The number of ether oxygens (including phenoxy) is 2. The van der Waals surface area contributed by atoms with Crippen molar-refractivity contribution >= 4 is 23.4 Å². The number of esters is 1. The monoisotopic (exact) mass is 450 g/mol. The average Bonchev–Trinajstić information content (AvgIpc) is 3.09. The number of aromatic hydroxyl groups is 1. The molecule has 0 spiro atoms. The van der Waals surface area contributed by atoms with E-state index in [2.05, 4.69) is 4.99 Å². The number of nitrogens with zero attached hydrogens (tertiary/aromatic N) is 2. The van der Waals surface area contributed by atoms with Crippen LogP contribution in [0.4, 0.5) is 0 Å². The lowest BCUT2D eigenvalue weighted by molar-refractivity contribution is -0.139. The molecule has 0 fully saturated rings. The number of phenols is 1. The number of hydrogen-bond acceptors (Lipinski definition) is 7. The first-order valence-corrected chi connectivity index (χ1v) is 10.9. The van der Waals surface area contributed by atoms with E-state index in [0.717, 1.165) is 11.1 Å². The van der Waals surface area contributed by atoms with Gasteiger partial charge in [0.05, 0.1) is 35.6 Å². The maximum atomic E-state index is 13.5. The molecule has 8 heteroatoms. The van der Waals surface area contributed by atoms with E-state index in [0.29, 0.717) is 26.4 Å². The van der Waals surface area contributed by atoms with E-state index in [4.69, 9.17) is 9.47 Å². The Morgan fingerprint density at radius 3 is 2.50 bits per heavy atom. The third kappa shape index (κ3) is 3.97. The highest BCUT2D eigenvalue weighted by Crippen LogP contribution is 2.31. The van der Waals surface area contributed by atoms with Gasteiger partial charge in [-0.3, -0.25) is 9.36 Å². The fourth-order valence-corrected chi connectivity index (χ4v) is 4.66. The second kappa shape index (κ2) is 8.84. The van der Waals surface area contributed by atoms with Gasteiger partial charge in [0.25, 0.3) is 5.56 Å². The summed E-state index contributed by atoms with van der Waals surface area (Å²) in [5, 5.41) is 9.51. The van der Waals surface area contributed by atoms with E-state index in [9.17, 15) is 14.7 Å². The smallest absolute Gasteiger partial charge is 0.338 e. The number of carbonyl (C=O) groups is 1. The molecule has 2 aromatic carbocycles. The van der Waals surface area contributed by atoms with Crippen LogP contribution in [0.15, 0.2) is 69.6 Å². The maximum absolute atomic E-state index is 13.5. The third-order valence-electron chi connectivity index (χ3n) is 5.14. The first-order valence-electron chi connectivity index (χ1n) is 10.1. The Balaban J connectivity index is 1.93. The molecular formula is C24H22N2O5S. The summed E-state index contributed by atoms with van der Waals surface area (Å²) in [5.41, 5.74) is 2.12. The molecular weight excluding hydrogens is 428 g/mol. The number of hydrogen-bond donors (Lipinski definition) is 1. The van der Waals surface area contributed by atoms with Gasteiger partial charge in [-0.25, -0.2) is 9.79 Å². The molecule has 1 aliphatic heterocycles. The van der Waals surface area contributed by atoms with E-state index in [1.54, 1.807) is 63.4 Å². The highest BCUT2D eigenvalue weighted by atomic mass is 32.1. The third-order valence-corrected chi connectivity index (χ3v) is 6.12. The highest BCUT2D eigenvalue weighted by Gasteiger charge is 2.33. The van der Waals surface area contributed by atoms with E-state index < -0.39 is 12.0 Å². The summed E-state index contributed by atoms with van der Waals surface area (Å²) in [6.07, 6.45) is 1.75. The molecule has 0 amide bonds. The molecule has 0 bridgehead atoms. The van der Waals surface area contributed by atoms with Crippen LogP contribution >= 0.6 is 11.3 Å². The Morgan fingerprint density at radius 2 is 1.88 bits per heavy atom. The lowest BCUT2D eigenvalue weighted by Gasteiger charge is -2.24. The van der Waals surface area contributed by atoms with Gasteiger partial charge in [0.15, 0.2) is 4.80 Å². The van der Waals surface area contributed by atoms with Gasteiger partial charge in [-0.2, -0.15) is 0 Å². The molecule has 1 N–H and O–H groups in total. The summed E-state index contributed by atoms with van der Waals surface area (Å²) >= 11 is 1.25. The Morgan fingerprint density at radius 1 is 1.19 bits per heavy atom. The lowest BCUT2D eigenvalue weighted by atomic mass is 9.96. The molecule has 164 valence electrons. The number of fused-ring (bicyclic) bond motifs is 1. The van der Waals surface area contributed by atoms with Gasteiger partial charge in [0.2, 0.25) is 0 Å². The van der Waals surface area contributed by atoms with Gasteiger partial charge in [-0.05, 0) is 55.3 Å². The van der Waals surface area contributed by atoms with Crippen molar-refractivity contribution < 1.29 is 19.4 Å². The van der Waals surface area contributed by atoms with Gasteiger partial charge in [0, 0.05) is 0 Å². The zero-order chi connectivity index (χ0) is 22.8. The van der Waals surface area contributed by atoms with Crippen molar-refractivity contribution in [3.63, 3.8) is 0 Å². The van der Waals surface area contributed by atoms with Crippen molar-refractivity contribution in [2.45, 2.75) is 19.9 Å². The molecule has 3 aromatic rings. The minimum absolute atomic E-state index is 0.151. The van der Waals surface area contributed by atoms with E-state index in [1.165, 1.54) is 15.9 Å². The first-order chi connectivity index (χ1) is 15.4. The van der Waals surface area contributed by atoms with Crippen molar-refractivity contribution in [2.24, 2.45) is 4.99 Å². The van der Waals surface area contributed by atoms with Gasteiger partial charge >= 0.3 is 5.97 Å². The van der Waals surface area contributed by atoms with Crippen molar-refractivity contribution in [3.05, 3.63) is 90.6 Å². The Kier molecular flexibility index (Phi) is 5.96. The SMILES string of the molecule is CCOC(=O)C1=C(C)N=c2s/c(=C\c3ccc(O)cc3)c(=O)n2[C@H]1c1ccc(OC)cc1. The zero-order valence-corrected chi connectivity index (χ0v) is 18.7. The summed E-state index contributed by atoms with van der Waals surface area (Å²) in [5.74, 6) is 0.326. The molecule has 4 rings (SSSR count). The highest BCUT2D eigenvalue weighted by molar-refractivity contribution is 7.07. The number of benzene rings is 2. The second-order valence-electron chi connectivity index (χ2n) is 7.17. The molecule has 1 aliphatic rings. The summed E-state index contributed by atoms with van der Waals surface area (Å²) in [6.45, 7) is 3.71. The van der Waals surface area contributed by atoms with Crippen LogP contribution in [0.2, 0.25) is 0 Å². The molecule has 1 atom stereocenters. The number of aromatic nitrogens is 1. The molecule has 0 saturated heterocycles. The number of allylic oxidation sites excluding steroid dienone is 1. The minimum Gasteiger partial charge on any atom is -0.508 e. The molecule has 1 aromatic heterocycles. The van der Waals surface area contributed by atoms with Crippen LogP contribution in [0.25, 0.3) is 6.08 Å². The van der Waals surface area contributed by atoms with Gasteiger partial charge in [-0.1, -0.05) is 35.6 Å². The van der Waals surface area contributed by atoms with Crippen LogP contribution in [0.3, 0.4) is 0 Å². The molecule has 0 saturated carbocycles. The predicted molar refractivity (Wildman–Crippen MR) is 121 cm³/mol. The fourth-order valence-electron chi connectivity index (χ4n) is 3.62. The van der Waals surface area contributed by atoms with E-state index in [-0.39, 0.29) is 17.9 Å². The van der Waals surface area contributed by atoms with Crippen molar-refractivity contribution in [3.8, 4) is 11.5 Å². The normalized spacial score (nSPS) is 15.8.